The second kappa shape index (κ2) is 9.15. The third kappa shape index (κ3) is 6.67. The highest BCUT2D eigenvalue weighted by Crippen LogP contribution is 2.19. The van der Waals surface area contributed by atoms with E-state index in [0.717, 1.165) is 5.69 Å². The molecule has 0 bridgehead atoms. The lowest BCUT2D eigenvalue weighted by molar-refractivity contribution is -0.124. The van der Waals surface area contributed by atoms with Gasteiger partial charge in [0.2, 0.25) is 11.8 Å². The zero-order valence-corrected chi connectivity index (χ0v) is 12.8. The number of carbonyl (C=O) groups excluding carboxylic acids is 2. The van der Waals surface area contributed by atoms with Crippen molar-refractivity contribution >= 4 is 11.8 Å². The van der Waals surface area contributed by atoms with Gasteiger partial charge in [0, 0.05) is 23.7 Å². The Morgan fingerprint density at radius 1 is 1.27 bits per heavy atom. The van der Waals surface area contributed by atoms with Crippen LogP contribution in [-0.2, 0) is 16.0 Å². The van der Waals surface area contributed by atoms with E-state index in [0.29, 0.717) is 19.3 Å². The molecule has 22 heavy (non-hydrogen) atoms. The number of pyridine rings is 1. The predicted molar refractivity (Wildman–Crippen MR) is 83.1 cm³/mol. The summed E-state index contributed by atoms with van der Waals surface area (Å²) in [6.45, 7) is 1.71. The van der Waals surface area contributed by atoms with Gasteiger partial charge in [-0.2, -0.15) is 0 Å². The monoisotopic (exact) mass is 306 g/mol. The minimum Gasteiger partial charge on any atom is -0.393 e. The highest BCUT2D eigenvalue weighted by molar-refractivity contribution is 5.77. The number of hydrogen-bond donors (Lipinski definition) is 3. The van der Waals surface area contributed by atoms with Gasteiger partial charge >= 0.3 is 0 Å². The van der Waals surface area contributed by atoms with Gasteiger partial charge in [-0.05, 0) is 44.2 Å². The average molecular weight is 306 g/mol. The quantitative estimate of drug-likeness (QED) is 0.585. The number of aliphatic hydroxyl groups excluding tert-OH is 1. The van der Waals surface area contributed by atoms with Crippen molar-refractivity contribution in [3.05, 3.63) is 36.5 Å². The lowest BCUT2D eigenvalue weighted by Gasteiger charge is -2.18. The van der Waals surface area contributed by atoms with Crippen LogP contribution in [0.15, 0.2) is 24.4 Å². The molecule has 2 amide bonds. The first-order chi connectivity index (χ1) is 10.4. The Bertz CT molecular complexity index is 479. The van der Waals surface area contributed by atoms with Crippen LogP contribution in [0.4, 0.5) is 0 Å². The molecule has 0 spiro atoms. The van der Waals surface area contributed by atoms with Gasteiger partial charge < -0.3 is 16.6 Å². The SMILES string of the molecule is CC(CCC(CC(O)[CH]Cc1ccccn1)C(N)=O)C(N)=O. The predicted octanol–water partition coefficient (Wildman–Crippen LogP) is 0.582. The largest absolute Gasteiger partial charge is 0.393 e. The van der Waals surface area contributed by atoms with E-state index in [1.165, 1.54) is 0 Å². The fourth-order valence-electron chi connectivity index (χ4n) is 2.13. The maximum absolute atomic E-state index is 11.5. The van der Waals surface area contributed by atoms with Crippen LogP contribution in [0, 0.1) is 18.3 Å². The third-order valence-corrected chi connectivity index (χ3v) is 3.69. The van der Waals surface area contributed by atoms with Crippen LogP contribution in [0.25, 0.3) is 0 Å². The van der Waals surface area contributed by atoms with Gasteiger partial charge in [-0.1, -0.05) is 13.0 Å². The van der Waals surface area contributed by atoms with Gasteiger partial charge in [-0.25, -0.2) is 0 Å². The number of amides is 2. The van der Waals surface area contributed by atoms with Crippen LogP contribution in [-0.4, -0.2) is 28.0 Å². The molecule has 0 saturated carbocycles. The van der Waals surface area contributed by atoms with Crippen LogP contribution in [0.1, 0.15) is 31.9 Å². The van der Waals surface area contributed by atoms with Gasteiger partial charge in [0.1, 0.15) is 0 Å². The molecule has 3 atom stereocenters. The van der Waals surface area contributed by atoms with Gasteiger partial charge in [0.25, 0.3) is 0 Å². The zero-order valence-electron chi connectivity index (χ0n) is 12.8. The van der Waals surface area contributed by atoms with E-state index in [-0.39, 0.29) is 12.3 Å². The maximum Gasteiger partial charge on any atom is 0.220 e. The molecular weight excluding hydrogens is 282 g/mol. The summed E-state index contributed by atoms with van der Waals surface area (Å²) in [7, 11) is 0. The summed E-state index contributed by atoms with van der Waals surface area (Å²) in [5, 5.41) is 10.0. The standard InChI is InChI=1S/C16H24N3O3/c1-11(15(17)21)5-6-12(16(18)22)10-14(20)8-7-13-4-2-3-9-19-13/h2-4,8-9,11-12,14,20H,5-7,10H2,1H3,(H2,17,21)(H2,18,22). The lowest BCUT2D eigenvalue weighted by Crippen LogP contribution is -2.29. The molecule has 0 aliphatic carbocycles. The van der Waals surface area contributed by atoms with E-state index in [9.17, 15) is 14.7 Å². The maximum atomic E-state index is 11.5. The van der Waals surface area contributed by atoms with Crippen molar-refractivity contribution in [1.82, 2.24) is 4.98 Å². The third-order valence-electron chi connectivity index (χ3n) is 3.69. The smallest absolute Gasteiger partial charge is 0.220 e. The Hall–Kier alpha value is -1.95. The number of aromatic nitrogens is 1. The molecule has 6 nitrogen and oxygen atoms in total. The molecule has 1 rings (SSSR count). The number of primary amides is 2. The Morgan fingerprint density at radius 3 is 2.55 bits per heavy atom. The fraction of sp³-hybridized carbons (Fsp3) is 0.500. The molecule has 0 fully saturated rings. The highest BCUT2D eigenvalue weighted by atomic mass is 16.3. The van der Waals surface area contributed by atoms with E-state index in [1.807, 2.05) is 18.2 Å². The van der Waals surface area contributed by atoms with Crippen LogP contribution < -0.4 is 11.5 Å². The molecule has 0 aliphatic heterocycles. The Morgan fingerprint density at radius 2 is 2.00 bits per heavy atom. The summed E-state index contributed by atoms with van der Waals surface area (Å²) in [6, 6.07) is 5.56. The second-order valence-electron chi connectivity index (χ2n) is 5.54. The topological polar surface area (TPSA) is 119 Å². The van der Waals surface area contributed by atoms with Crippen LogP contribution in [0.3, 0.4) is 0 Å². The van der Waals surface area contributed by atoms with Crippen molar-refractivity contribution in [2.24, 2.45) is 23.3 Å². The molecule has 1 heterocycles. The minimum atomic E-state index is -0.747. The number of carbonyl (C=O) groups is 2. The normalized spacial score (nSPS) is 15.0. The van der Waals surface area contributed by atoms with Gasteiger partial charge in [-0.3, -0.25) is 14.6 Å². The molecule has 6 heteroatoms. The molecule has 0 saturated heterocycles. The van der Waals surface area contributed by atoms with Crippen molar-refractivity contribution in [1.29, 1.82) is 0 Å². The number of nitrogens with two attached hydrogens (primary N) is 2. The van der Waals surface area contributed by atoms with Crippen molar-refractivity contribution < 1.29 is 14.7 Å². The van der Waals surface area contributed by atoms with E-state index in [2.05, 4.69) is 4.98 Å². The average Bonchev–Trinajstić information content (AvgIpc) is 2.49. The number of nitrogens with zero attached hydrogens (tertiary/aromatic N) is 1. The van der Waals surface area contributed by atoms with E-state index in [1.54, 1.807) is 19.5 Å². The summed E-state index contributed by atoms with van der Waals surface area (Å²) in [5.74, 6) is -1.65. The van der Waals surface area contributed by atoms with Crippen LogP contribution in [0.5, 0.6) is 0 Å². The summed E-state index contributed by atoms with van der Waals surface area (Å²) >= 11 is 0. The summed E-state index contributed by atoms with van der Waals surface area (Å²) < 4.78 is 0. The molecular formula is C16H24N3O3. The minimum absolute atomic E-state index is 0.244. The second-order valence-corrected chi connectivity index (χ2v) is 5.54. The van der Waals surface area contributed by atoms with E-state index in [4.69, 9.17) is 11.5 Å². The van der Waals surface area contributed by atoms with Crippen molar-refractivity contribution in [3.8, 4) is 0 Å². The fourth-order valence-corrected chi connectivity index (χ4v) is 2.13. The number of rotatable bonds is 10. The zero-order chi connectivity index (χ0) is 16.5. The Labute approximate surface area is 130 Å². The first-order valence-corrected chi connectivity index (χ1v) is 7.40. The summed E-state index contributed by atoms with van der Waals surface area (Å²) in [6.07, 6.45) is 4.33. The van der Waals surface area contributed by atoms with Crippen LogP contribution >= 0.6 is 0 Å². The Kier molecular flexibility index (Phi) is 7.52. The molecule has 1 aromatic heterocycles. The van der Waals surface area contributed by atoms with Crippen molar-refractivity contribution in [3.63, 3.8) is 0 Å². The van der Waals surface area contributed by atoms with Gasteiger partial charge in [0.05, 0.1) is 6.10 Å². The summed E-state index contributed by atoms with van der Waals surface area (Å²) in [4.78, 5) is 26.6. The molecule has 1 aromatic rings. The van der Waals surface area contributed by atoms with E-state index < -0.39 is 23.8 Å². The number of aliphatic hydroxyl groups is 1. The molecule has 1 radical (unpaired) electrons. The molecule has 0 aliphatic rings. The molecule has 5 N–H and O–H groups in total. The van der Waals surface area contributed by atoms with Crippen molar-refractivity contribution in [2.45, 2.75) is 38.7 Å². The van der Waals surface area contributed by atoms with Gasteiger partial charge in [-0.15, -0.1) is 0 Å². The Balaban J connectivity index is 2.41. The molecule has 3 unspecified atom stereocenters. The molecule has 121 valence electrons. The van der Waals surface area contributed by atoms with E-state index >= 15 is 0 Å². The highest BCUT2D eigenvalue weighted by Gasteiger charge is 2.21. The lowest BCUT2D eigenvalue weighted by atomic mass is 9.90. The first-order valence-electron chi connectivity index (χ1n) is 7.40. The van der Waals surface area contributed by atoms with Crippen molar-refractivity contribution in [2.75, 3.05) is 0 Å². The van der Waals surface area contributed by atoms with Crippen LogP contribution in [0.2, 0.25) is 0 Å². The summed E-state index contributed by atoms with van der Waals surface area (Å²) in [5.41, 5.74) is 11.4. The molecule has 0 aromatic carbocycles. The first kappa shape index (κ1) is 18.1. The number of hydrogen-bond acceptors (Lipinski definition) is 4. The van der Waals surface area contributed by atoms with Gasteiger partial charge in [0.15, 0.2) is 0 Å².